The lowest BCUT2D eigenvalue weighted by atomic mass is 9.81. The van der Waals surface area contributed by atoms with Crippen LogP contribution in [0.1, 0.15) is 25.0 Å². The Hall–Kier alpha value is -7.36. The summed E-state index contributed by atoms with van der Waals surface area (Å²) in [6.07, 6.45) is 0. The first-order chi connectivity index (χ1) is 28.5. The SMILES string of the molecule is CC1(C)c2cc(-c3ccc(N(c4ccc5oc6ccccc6c5c4)c4ccc5c(c4)c4ccccc4n5-c4ccccc4)cc3)ccc2-c2c1ccc1ccccc21. The van der Waals surface area contributed by atoms with Gasteiger partial charge < -0.3 is 13.9 Å². The van der Waals surface area contributed by atoms with Crippen molar-refractivity contribution in [3.05, 3.63) is 205 Å². The first kappa shape index (κ1) is 32.8. The predicted octanol–water partition coefficient (Wildman–Crippen LogP) is 15.3. The van der Waals surface area contributed by atoms with E-state index in [9.17, 15) is 0 Å². The number of hydrogen-bond donors (Lipinski definition) is 0. The smallest absolute Gasteiger partial charge is 0.135 e. The molecular formula is C55H38N2O. The molecule has 0 atom stereocenters. The summed E-state index contributed by atoms with van der Waals surface area (Å²) in [4.78, 5) is 2.38. The second kappa shape index (κ2) is 12.3. The molecule has 11 aromatic rings. The lowest BCUT2D eigenvalue weighted by molar-refractivity contribution is 0.661. The molecule has 0 saturated heterocycles. The molecule has 0 fully saturated rings. The second-order valence-electron chi connectivity index (χ2n) is 16.1. The van der Waals surface area contributed by atoms with Crippen LogP contribution in [-0.4, -0.2) is 4.57 Å². The molecule has 0 saturated carbocycles. The molecule has 58 heavy (non-hydrogen) atoms. The van der Waals surface area contributed by atoms with Crippen LogP contribution in [0.2, 0.25) is 0 Å². The van der Waals surface area contributed by atoms with Crippen molar-refractivity contribution in [2.45, 2.75) is 19.3 Å². The number of anilines is 3. The zero-order chi connectivity index (χ0) is 38.5. The van der Waals surface area contributed by atoms with Gasteiger partial charge in [0.1, 0.15) is 11.2 Å². The highest BCUT2D eigenvalue weighted by Crippen LogP contribution is 2.52. The van der Waals surface area contributed by atoms with E-state index in [1.807, 2.05) is 12.1 Å². The van der Waals surface area contributed by atoms with Gasteiger partial charge in [0, 0.05) is 49.7 Å². The molecule has 274 valence electrons. The molecule has 0 aliphatic heterocycles. The molecule has 9 aromatic carbocycles. The summed E-state index contributed by atoms with van der Waals surface area (Å²) in [5.74, 6) is 0. The van der Waals surface area contributed by atoms with Gasteiger partial charge in [-0.1, -0.05) is 129 Å². The molecule has 0 amide bonds. The molecule has 0 spiro atoms. The quantitative estimate of drug-likeness (QED) is 0.175. The summed E-state index contributed by atoms with van der Waals surface area (Å²) in [7, 11) is 0. The normalized spacial score (nSPS) is 13.1. The maximum atomic E-state index is 6.28. The van der Waals surface area contributed by atoms with E-state index in [1.165, 1.54) is 66.0 Å². The fourth-order valence-corrected chi connectivity index (χ4v) is 9.75. The molecule has 2 heterocycles. The third kappa shape index (κ3) is 4.80. The van der Waals surface area contributed by atoms with Gasteiger partial charge in [0.15, 0.2) is 0 Å². The fourth-order valence-electron chi connectivity index (χ4n) is 9.75. The van der Waals surface area contributed by atoms with Gasteiger partial charge in [-0.25, -0.2) is 0 Å². The van der Waals surface area contributed by atoms with Crippen LogP contribution in [0.5, 0.6) is 0 Å². The number of nitrogens with zero attached hydrogens (tertiary/aromatic N) is 2. The zero-order valence-electron chi connectivity index (χ0n) is 32.3. The molecule has 0 bridgehead atoms. The molecule has 12 rings (SSSR count). The van der Waals surface area contributed by atoms with Crippen LogP contribution < -0.4 is 4.90 Å². The molecule has 0 radical (unpaired) electrons. The van der Waals surface area contributed by atoms with Crippen LogP contribution in [0.4, 0.5) is 17.1 Å². The average molecular weight is 743 g/mol. The lowest BCUT2D eigenvalue weighted by Gasteiger charge is -2.26. The molecule has 0 unspecified atom stereocenters. The van der Waals surface area contributed by atoms with Crippen LogP contribution in [0, 0.1) is 0 Å². The summed E-state index contributed by atoms with van der Waals surface area (Å²) in [6.45, 7) is 4.73. The topological polar surface area (TPSA) is 21.3 Å². The minimum atomic E-state index is -0.0976. The van der Waals surface area contributed by atoms with E-state index in [0.717, 1.165) is 44.7 Å². The second-order valence-corrected chi connectivity index (χ2v) is 16.1. The highest BCUT2D eigenvalue weighted by Gasteiger charge is 2.36. The third-order valence-electron chi connectivity index (χ3n) is 12.6. The van der Waals surface area contributed by atoms with E-state index < -0.39 is 0 Å². The minimum absolute atomic E-state index is 0.0976. The highest BCUT2D eigenvalue weighted by molar-refractivity contribution is 6.11. The monoisotopic (exact) mass is 742 g/mol. The van der Waals surface area contributed by atoms with Crippen molar-refractivity contribution >= 4 is 71.6 Å². The van der Waals surface area contributed by atoms with Crippen molar-refractivity contribution in [3.8, 4) is 27.9 Å². The molecule has 2 aromatic heterocycles. The van der Waals surface area contributed by atoms with Crippen molar-refractivity contribution in [2.75, 3.05) is 4.90 Å². The standard InChI is InChI=1S/C55H38N2O/c1-55(2)48-29-23-36-12-6-7-15-42(36)54(48)45-28-22-37(32-49(45)55)35-20-24-39(25-21-35)56(41-27-31-53-47(34-41)44-17-9-11-19-52(44)58-53)40-26-30-51-46(33-40)43-16-8-10-18-50(43)57(51)38-13-4-3-5-14-38/h3-34H,1-2H3. The molecule has 3 nitrogen and oxygen atoms in total. The van der Waals surface area contributed by atoms with Crippen LogP contribution in [0.25, 0.3) is 82.5 Å². The number of benzene rings is 9. The van der Waals surface area contributed by atoms with Crippen molar-refractivity contribution < 1.29 is 4.42 Å². The molecule has 3 heteroatoms. The first-order valence-electron chi connectivity index (χ1n) is 20.1. The van der Waals surface area contributed by atoms with Gasteiger partial charge in [-0.15, -0.1) is 0 Å². The van der Waals surface area contributed by atoms with Gasteiger partial charge in [-0.2, -0.15) is 0 Å². The minimum Gasteiger partial charge on any atom is -0.456 e. The zero-order valence-corrected chi connectivity index (χ0v) is 32.3. The maximum Gasteiger partial charge on any atom is 0.135 e. The van der Waals surface area contributed by atoms with Crippen LogP contribution in [0.3, 0.4) is 0 Å². The Kier molecular flexibility index (Phi) is 6.98. The third-order valence-corrected chi connectivity index (χ3v) is 12.6. The van der Waals surface area contributed by atoms with E-state index in [-0.39, 0.29) is 5.41 Å². The van der Waals surface area contributed by atoms with Gasteiger partial charge in [-0.05, 0) is 123 Å². The van der Waals surface area contributed by atoms with E-state index in [4.69, 9.17) is 4.42 Å². The van der Waals surface area contributed by atoms with Crippen LogP contribution in [0.15, 0.2) is 199 Å². The van der Waals surface area contributed by atoms with E-state index in [1.54, 1.807) is 0 Å². The lowest BCUT2D eigenvalue weighted by Crippen LogP contribution is -2.15. The summed E-state index contributed by atoms with van der Waals surface area (Å²) in [5, 5.41) is 7.27. The van der Waals surface area contributed by atoms with E-state index >= 15 is 0 Å². The summed E-state index contributed by atoms with van der Waals surface area (Å²) < 4.78 is 8.65. The highest BCUT2D eigenvalue weighted by atomic mass is 16.3. The fraction of sp³-hybridized carbons (Fsp3) is 0.0545. The first-order valence-corrected chi connectivity index (χ1v) is 20.1. The van der Waals surface area contributed by atoms with Crippen molar-refractivity contribution in [1.82, 2.24) is 4.57 Å². The number of aromatic nitrogens is 1. The Morgan fingerprint density at radius 3 is 1.91 bits per heavy atom. The Labute approximate surface area is 336 Å². The predicted molar refractivity (Wildman–Crippen MR) is 243 cm³/mol. The number of rotatable bonds is 5. The molecule has 1 aliphatic rings. The van der Waals surface area contributed by atoms with Gasteiger partial charge >= 0.3 is 0 Å². The summed E-state index contributed by atoms with van der Waals surface area (Å²) in [5.41, 5.74) is 16.4. The van der Waals surface area contributed by atoms with Crippen molar-refractivity contribution in [1.29, 1.82) is 0 Å². The number of hydrogen-bond acceptors (Lipinski definition) is 2. The van der Waals surface area contributed by atoms with Gasteiger partial charge in [0.05, 0.1) is 11.0 Å². The Balaban J connectivity index is 1.00. The molecule has 1 aliphatic carbocycles. The molecule has 0 N–H and O–H groups in total. The summed E-state index contributed by atoms with van der Waals surface area (Å²) >= 11 is 0. The largest absolute Gasteiger partial charge is 0.456 e. The van der Waals surface area contributed by atoms with Crippen molar-refractivity contribution in [3.63, 3.8) is 0 Å². The van der Waals surface area contributed by atoms with Gasteiger partial charge in [0.2, 0.25) is 0 Å². The van der Waals surface area contributed by atoms with Gasteiger partial charge in [0.25, 0.3) is 0 Å². The van der Waals surface area contributed by atoms with E-state index in [0.29, 0.717) is 0 Å². The van der Waals surface area contributed by atoms with Gasteiger partial charge in [-0.3, -0.25) is 0 Å². The van der Waals surface area contributed by atoms with Crippen LogP contribution in [-0.2, 0) is 5.41 Å². The van der Waals surface area contributed by atoms with Crippen LogP contribution >= 0.6 is 0 Å². The Morgan fingerprint density at radius 2 is 1.07 bits per heavy atom. The average Bonchev–Trinajstić information content (AvgIpc) is 3.89. The Morgan fingerprint density at radius 1 is 0.431 bits per heavy atom. The number of para-hydroxylation sites is 3. The number of furan rings is 1. The van der Waals surface area contributed by atoms with Crippen molar-refractivity contribution in [2.24, 2.45) is 0 Å². The molecular weight excluding hydrogens is 705 g/mol. The number of fused-ring (bicyclic) bond motifs is 11. The Bertz CT molecular complexity index is 3420. The van der Waals surface area contributed by atoms with E-state index in [2.05, 4.69) is 205 Å². The maximum absolute atomic E-state index is 6.28. The summed E-state index contributed by atoms with van der Waals surface area (Å²) in [6, 6.07) is 70.7.